The average molecular weight is 320 g/mol. The number of halogens is 2. The maximum atomic E-state index is 6.78. The number of hydrogen-bond acceptors (Lipinski definition) is 1. The van der Waals surface area contributed by atoms with Crippen LogP contribution in [-0.4, -0.2) is 0 Å². The summed E-state index contributed by atoms with van der Waals surface area (Å²) in [5.41, 5.74) is 10.1. The molecule has 2 N–H and O–H groups in total. The topological polar surface area (TPSA) is 26.0 Å². The molecule has 3 heteroatoms. The first-order valence-electron chi connectivity index (χ1n) is 7.32. The van der Waals surface area contributed by atoms with E-state index in [0.717, 1.165) is 24.8 Å². The van der Waals surface area contributed by atoms with Gasteiger partial charge in [0.25, 0.3) is 0 Å². The Morgan fingerprint density at radius 1 is 1.14 bits per heavy atom. The molecule has 1 aliphatic rings. The number of nitrogens with two attached hydrogens (primary N) is 1. The lowest BCUT2D eigenvalue weighted by Gasteiger charge is -2.39. The van der Waals surface area contributed by atoms with Gasteiger partial charge in [-0.15, -0.1) is 0 Å². The first-order chi connectivity index (χ1) is 10.0. The minimum absolute atomic E-state index is 0.364. The fourth-order valence-corrected chi connectivity index (χ4v) is 3.74. The Kier molecular flexibility index (Phi) is 4.00. The van der Waals surface area contributed by atoms with Gasteiger partial charge in [0, 0.05) is 5.54 Å². The minimum Gasteiger partial charge on any atom is -0.321 e. The van der Waals surface area contributed by atoms with Gasteiger partial charge in [-0.05, 0) is 47.9 Å². The summed E-state index contributed by atoms with van der Waals surface area (Å²) >= 11 is 12.5. The van der Waals surface area contributed by atoms with Gasteiger partial charge in [0.15, 0.2) is 0 Å². The van der Waals surface area contributed by atoms with Crippen LogP contribution in [0.25, 0.3) is 0 Å². The van der Waals surface area contributed by atoms with Crippen molar-refractivity contribution in [1.29, 1.82) is 0 Å². The molecular formula is C18H19Cl2N. The Balaban J connectivity index is 2.02. The third-order valence-electron chi connectivity index (χ3n) is 4.59. The molecule has 0 fully saturated rings. The molecule has 2 unspecified atom stereocenters. The largest absolute Gasteiger partial charge is 0.321 e. The van der Waals surface area contributed by atoms with Gasteiger partial charge < -0.3 is 5.73 Å². The molecule has 0 amide bonds. The monoisotopic (exact) mass is 319 g/mol. The van der Waals surface area contributed by atoms with Crippen molar-refractivity contribution in [2.24, 2.45) is 5.73 Å². The predicted octanol–water partition coefficient (Wildman–Crippen LogP) is 5.29. The molecule has 21 heavy (non-hydrogen) atoms. The van der Waals surface area contributed by atoms with Crippen molar-refractivity contribution in [2.75, 3.05) is 0 Å². The van der Waals surface area contributed by atoms with E-state index in [1.54, 1.807) is 0 Å². The van der Waals surface area contributed by atoms with Gasteiger partial charge in [-0.1, -0.05) is 66.5 Å². The van der Waals surface area contributed by atoms with Gasteiger partial charge in [-0.25, -0.2) is 0 Å². The summed E-state index contributed by atoms with van der Waals surface area (Å²) in [7, 11) is 0. The van der Waals surface area contributed by atoms with E-state index < -0.39 is 0 Å². The lowest BCUT2D eigenvalue weighted by molar-refractivity contribution is 0.349. The summed E-state index contributed by atoms with van der Waals surface area (Å²) in [6, 6.07) is 14.3. The Morgan fingerprint density at radius 3 is 2.71 bits per heavy atom. The van der Waals surface area contributed by atoms with E-state index in [4.69, 9.17) is 28.9 Å². The van der Waals surface area contributed by atoms with Crippen LogP contribution in [0.2, 0.25) is 10.0 Å². The smallest absolute Gasteiger partial charge is 0.0625 e. The molecule has 2 aromatic rings. The third kappa shape index (κ3) is 2.70. The SMILES string of the molecule is CC1CCC(N)(Cc2cccc(Cl)c2Cl)c2ccccc21. The van der Waals surface area contributed by atoms with E-state index >= 15 is 0 Å². The molecule has 0 aliphatic heterocycles. The van der Waals surface area contributed by atoms with E-state index in [1.807, 2.05) is 18.2 Å². The Bertz CT molecular complexity index is 668. The van der Waals surface area contributed by atoms with Gasteiger partial charge in [0.1, 0.15) is 0 Å². The van der Waals surface area contributed by atoms with Crippen molar-refractivity contribution >= 4 is 23.2 Å². The van der Waals surface area contributed by atoms with Crippen LogP contribution in [0.1, 0.15) is 42.4 Å². The maximum Gasteiger partial charge on any atom is 0.0625 e. The lowest BCUT2D eigenvalue weighted by atomic mass is 9.70. The highest BCUT2D eigenvalue weighted by Gasteiger charge is 2.35. The molecule has 0 bridgehead atoms. The standard InChI is InChI=1S/C18H19Cl2N/c1-12-9-10-18(21,15-7-3-2-6-14(12)15)11-13-5-4-8-16(19)17(13)20/h2-8,12H,9-11,21H2,1H3. The number of benzene rings is 2. The highest BCUT2D eigenvalue weighted by Crippen LogP contribution is 2.42. The van der Waals surface area contributed by atoms with Crippen LogP contribution in [0.4, 0.5) is 0 Å². The summed E-state index contributed by atoms with van der Waals surface area (Å²) in [5.74, 6) is 0.563. The summed E-state index contributed by atoms with van der Waals surface area (Å²) in [6.07, 6.45) is 2.79. The first-order valence-corrected chi connectivity index (χ1v) is 8.08. The zero-order chi connectivity index (χ0) is 15.0. The van der Waals surface area contributed by atoms with Crippen molar-refractivity contribution in [2.45, 2.75) is 37.6 Å². The van der Waals surface area contributed by atoms with E-state index in [-0.39, 0.29) is 5.54 Å². The zero-order valence-electron chi connectivity index (χ0n) is 12.1. The summed E-state index contributed by atoms with van der Waals surface area (Å²) in [6.45, 7) is 2.27. The Morgan fingerprint density at radius 2 is 1.90 bits per heavy atom. The van der Waals surface area contributed by atoms with Crippen LogP contribution in [-0.2, 0) is 12.0 Å². The second kappa shape index (κ2) is 5.64. The number of fused-ring (bicyclic) bond motifs is 1. The summed E-state index contributed by atoms with van der Waals surface area (Å²) in [4.78, 5) is 0. The van der Waals surface area contributed by atoms with Crippen molar-refractivity contribution < 1.29 is 0 Å². The van der Waals surface area contributed by atoms with Crippen molar-refractivity contribution in [3.63, 3.8) is 0 Å². The molecule has 0 saturated carbocycles. The van der Waals surface area contributed by atoms with E-state index in [2.05, 4.69) is 31.2 Å². The molecule has 0 heterocycles. The van der Waals surface area contributed by atoms with Crippen LogP contribution in [0, 0.1) is 0 Å². The van der Waals surface area contributed by atoms with Gasteiger partial charge in [-0.3, -0.25) is 0 Å². The first kappa shape index (κ1) is 14.9. The van der Waals surface area contributed by atoms with Crippen molar-refractivity contribution in [1.82, 2.24) is 0 Å². The normalized spacial score (nSPS) is 24.7. The molecule has 1 aliphatic carbocycles. The quantitative estimate of drug-likeness (QED) is 0.799. The molecule has 0 aromatic heterocycles. The Hall–Kier alpha value is -1.02. The molecule has 0 radical (unpaired) electrons. The van der Waals surface area contributed by atoms with Crippen molar-refractivity contribution in [3.8, 4) is 0 Å². The minimum atomic E-state index is -0.364. The summed E-state index contributed by atoms with van der Waals surface area (Å²) < 4.78 is 0. The average Bonchev–Trinajstić information content (AvgIpc) is 2.49. The highest BCUT2D eigenvalue weighted by molar-refractivity contribution is 6.42. The highest BCUT2D eigenvalue weighted by atomic mass is 35.5. The van der Waals surface area contributed by atoms with Gasteiger partial charge in [-0.2, -0.15) is 0 Å². The van der Waals surface area contributed by atoms with E-state index in [0.29, 0.717) is 16.0 Å². The molecule has 2 atom stereocenters. The fourth-order valence-electron chi connectivity index (χ4n) is 3.35. The molecule has 0 saturated heterocycles. The third-order valence-corrected chi connectivity index (χ3v) is 5.45. The number of rotatable bonds is 2. The molecule has 1 nitrogen and oxygen atoms in total. The molecule has 3 rings (SSSR count). The molecular weight excluding hydrogens is 301 g/mol. The molecule has 110 valence electrons. The van der Waals surface area contributed by atoms with Gasteiger partial charge in [0.05, 0.1) is 10.0 Å². The van der Waals surface area contributed by atoms with Crippen molar-refractivity contribution in [3.05, 3.63) is 69.2 Å². The van der Waals surface area contributed by atoms with Gasteiger partial charge >= 0.3 is 0 Å². The lowest BCUT2D eigenvalue weighted by Crippen LogP contribution is -2.42. The Labute approximate surface area is 136 Å². The second-order valence-corrected chi connectivity index (χ2v) is 6.86. The predicted molar refractivity (Wildman–Crippen MR) is 90.1 cm³/mol. The fraction of sp³-hybridized carbons (Fsp3) is 0.333. The van der Waals surface area contributed by atoms with Crippen LogP contribution in [0.5, 0.6) is 0 Å². The van der Waals surface area contributed by atoms with Gasteiger partial charge in [0.2, 0.25) is 0 Å². The van der Waals surface area contributed by atoms with Crippen LogP contribution < -0.4 is 5.73 Å². The van der Waals surface area contributed by atoms with Crippen LogP contribution in [0.15, 0.2) is 42.5 Å². The zero-order valence-corrected chi connectivity index (χ0v) is 13.6. The summed E-state index contributed by atoms with van der Waals surface area (Å²) in [5, 5.41) is 1.22. The van der Waals surface area contributed by atoms with Crippen LogP contribution in [0.3, 0.4) is 0 Å². The van der Waals surface area contributed by atoms with E-state index in [9.17, 15) is 0 Å². The van der Waals surface area contributed by atoms with Crippen LogP contribution >= 0.6 is 23.2 Å². The van der Waals surface area contributed by atoms with E-state index in [1.165, 1.54) is 11.1 Å². The number of hydrogen-bond donors (Lipinski definition) is 1. The molecule has 2 aromatic carbocycles. The maximum absolute atomic E-state index is 6.78. The molecule has 0 spiro atoms. The second-order valence-electron chi connectivity index (χ2n) is 6.07.